The molecule has 450 valence electrons. The Kier molecular flexibility index (Phi) is 26.9. The normalized spacial score (nSPS) is 16.9. The van der Waals surface area contributed by atoms with Crippen molar-refractivity contribution in [3.8, 4) is 6.07 Å². The maximum absolute atomic E-state index is 13.2. The number of aliphatic hydroxyl groups is 2. The summed E-state index contributed by atoms with van der Waals surface area (Å²) < 4.78 is 55.5. The Bertz CT molecular complexity index is 2790. The third kappa shape index (κ3) is 19.7. The van der Waals surface area contributed by atoms with Crippen LogP contribution in [0.5, 0.6) is 0 Å². The van der Waals surface area contributed by atoms with Crippen LogP contribution in [0.2, 0.25) is 0 Å². The number of hydrogen-bond acceptors (Lipinski definition) is 13. The zero-order valence-corrected chi connectivity index (χ0v) is 50.7. The second-order valence-electron chi connectivity index (χ2n) is 21.8. The van der Waals surface area contributed by atoms with Crippen LogP contribution >= 0.6 is 0 Å². The Morgan fingerprint density at radius 3 is 1.35 bits per heavy atom. The van der Waals surface area contributed by atoms with E-state index in [2.05, 4.69) is 10.6 Å². The number of sulfonamides is 2. The molecule has 0 saturated carbocycles. The SMILES string of the molecule is CC#N.Cc1cc(N(C)C(N)=O)cc(C)c1/C=C/S(=O)(=O)N1CCC2(CC1)N=C(CCCCCCCCCO)NC2=O.Cc1cc(N(C)C(N)=O)cc(C)c1CCS(=O)(=O)N1CCC2(CC1)N=C(CCCCCCCCCO)NC2=O. The van der Waals surface area contributed by atoms with Crippen molar-refractivity contribution in [2.24, 2.45) is 21.5 Å². The molecule has 0 aromatic heterocycles. The lowest BCUT2D eigenvalue weighted by Crippen LogP contribution is -2.50. The Balaban J connectivity index is 0.000000332. The van der Waals surface area contributed by atoms with Gasteiger partial charge in [-0.3, -0.25) is 29.4 Å². The highest BCUT2D eigenvalue weighted by Crippen LogP contribution is 2.34. The predicted octanol–water partition coefficient (Wildman–Crippen LogP) is 7.29. The average Bonchev–Trinajstić information content (AvgIpc) is 4.11. The number of rotatable bonds is 27. The van der Waals surface area contributed by atoms with Gasteiger partial charge in [0.05, 0.1) is 11.8 Å². The van der Waals surface area contributed by atoms with E-state index in [1.54, 1.807) is 38.4 Å². The van der Waals surface area contributed by atoms with E-state index in [9.17, 15) is 36.0 Å². The monoisotopic (exact) mass is 1170 g/mol. The molecule has 6 amide bonds. The number of aliphatic hydroxyl groups excluding tert-OH is 2. The van der Waals surface area contributed by atoms with Crippen molar-refractivity contribution < 1.29 is 46.2 Å². The predicted molar refractivity (Wildman–Crippen MR) is 321 cm³/mol. The third-order valence-electron chi connectivity index (χ3n) is 15.8. The molecule has 8 N–H and O–H groups in total. The van der Waals surface area contributed by atoms with Gasteiger partial charge in [0, 0.05) is 90.0 Å². The molecule has 4 aliphatic rings. The van der Waals surface area contributed by atoms with Crippen molar-refractivity contribution >= 4 is 73.0 Å². The molecule has 2 saturated heterocycles. The largest absolute Gasteiger partial charge is 0.396 e. The first-order valence-corrected chi connectivity index (χ1v) is 31.8. The van der Waals surface area contributed by atoms with Crippen LogP contribution in [0, 0.1) is 39.0 Å². The van der Waals surface area contributed by atoms with Crippen molar-refractivity contribution in [3.63, 3.8) is 0 Å². The Morgan fingerprint density at radius 1 is 0.630 bits per heavy atom. The Labute approximate surface area is 481 Å². The molecule has 2 aromatic rings. The number of piperidine rings is 2. The van der Waals surface area contributed by atoms with E-state index in [1.165, 1.54) is 30.7 Å². The van der Waals surface area contributed by atoms with Gasteiger partial charge in [-0.15, -0.1) is 0 Å². The highest BCUT2D eigenvalue weighted by Gasteiger charge is 2.48. The number of carbonyl (C=O) groups excluding carboxylic acids is 4. The van der Waals surface area contributed by atoms with Gasteiger partial charge in [-0.25, -0.2) is 30.7 Å². The third-order valence-corrected chi connectivity index (χ3v) is 19.2. The molecule has 4 heterocycles. The van der Waals surface area contributed by atoms with Gasteiger partial charge in [0.2, 0.25) is 20.0 Å². The summed E-state index contributed by atoms with van der Waals surface area (Å²) in [7, 11) is -4.01. The van der Waals surface area contributed by atoms with Gasteiger partial charge in [0.15, 0.2) is 0 Å². The zero-order chi connectivity index (χ0) is 60.0. The van der Waals surface area contributed by atoms with E-state index < -0.39 is 43.2 Å². The number of carbonyl (C=O) groups is 4. The summed E-state index contributed by atoms with van der Waals surface area (Å²) in [6.07, 6.45) is 19.7. The summed E-state index contributed by atoms with van der Waals surface area (Å²) in [6, 6.07) is 7.90. The number of nitrogens with one attached hydrogen (secondary N) is 2. The first-order chi connectivity index (χ1) is 38.4. The Morgan fingerprint density at radius 2 is 0.975 bits per heavy atom. The molecule has 0 bridgehead atoms. The molecule has 4 aliphatic heterocycles. The lowest BCUT2D eigenvalue weighted by molar-refractivity contribution is -0.125. The average molecular weight is 1170 g/mol. The quantitative estimate of drug-likeness (QED) is 0.0482. The molecule has 0 unspecified atom stereocenters. The van der Waals surface area contributed by atoms with Crippen molar-refractivity contribution in [2.45, 2.75) is 181 Å². The van der Waals surface area contributed by atoms with Crippen LogP contribution in [0.1, 0.15) is 169 Å². The minimum absolute atomic E-state index is 0.0204. The number of nitrogens with zero attached hydrogens (tertiary/aromatic N) is 7. The van der Waals surface area contributed by atoms with Crippen LogP contribution in [0.4, 0.5) is 21.0 Å². The minimum Gasteiger partial charge on any atom is -0.396 e. The number of nitriles is 1. The molecular weight excluding hydrogens is 1070 g/mol. The van der Waals surface area contributed by atoms with Crippen LogP contribution in [0.3, 0.4) is 0 Å². The van der Waals surface area contributed by atoms with Crippen LogP contribution in [-0.2, 0) is 36.1 Å². The fraction of sp³-hybridized carbons (Fsp3) is 0.638. The first-order valence-electron chi connectivity index (χ1n) is 28.7. The number of amides is 6. The number of nitrogens with two attached hydrogens (primary N) is 2. The lowest BCUT2D eigenvalue weighted by Gasteiger charge is -2.34. The van der Waals surface area contributed by atoms with E-state index >= 15 is 0 Å². The lowest BCUT2D eigenvalue weighted by atomic mass is 9.89. The highest BCUT2D eigenvalue weighted by atomic mass is 32.2. The van der Waals surface area contributed by atoms with E-state index in [-0.39, 0.29) is 57.0 Å². The number of unbranched alkanes of at least 4 members (excludes halogenated alkanes) is 12. The summed E-state index contributed by atoms with van der Waals surface area (Å²) in [5.74, 6) is 1.20. The molecule has 0 atom stereocenters. The fourth-order valence-electron chi connectivity index (χ4n) is 10.7. The van der Waals surface area contributed by atoms with E-state index in [0.29, 0.717) is 49.3 Å². The second-order valence-corrected chi connectivity index (χ2v) is 25.7. The fourth-order valence-corrected chi connectivity index (χ4v) is 13.4. The van der Waals surface area contributed by atoms with Gasteiger partial charge >= 0.3 is 12.1 Å². The van der Waals surface area contributed by atoms with E-state index in [0.717, 1.165) is 142 Å². The number of aliphatic imine (C=N–C) groups is 2. The number of hydrogen-bond donors (Lipinski definition) is 6. The van der Waals surface area contributed by atoms with Crippen molar-refractivity contribution in [1.29, 1.82) is 5.26 Å². The zero-order valence-electron chi connectivity index (χ0n) is 49.0. The van der Waals surface area contributed by atoms with E-state index in [4.69, 9.17) is 36.9 Å². The molecule has 81 heavy (non-hydrogen) atoms. The Hall–Kier alpha value is -5.77. The number of aryl methyl sites for hydroxylation is 4. The van der Waals surface area contributed by atoms with Gasteiger partial charge < -0.3 is 32.3 Å². The van der Waals surface area contributed by atoms with Crippen LogP contribution < -0.4 is 31.9 Å². The smallest absolute Gasteiger partial charge is 0.318 e. The molecule has 2 aromatic carbocycles. The maximum atomic E-state index is 13.2. The topological polar surface area (TPSA) is 315 Å². The molecular formula is C58H91N11O10S2. The van der Waals surface area contributed by atoms with Gasteiger partial charge in [-0.2, -0.15) is 9.57 Å². The van der Waals surface area contributed by atoms with Gasteiger partial charge in [-0.1, -0.05) is 64.2 Å². The molecule has 0 aliphatic carbocycles. The second kappa shape index (κ2) is 32.2. The van der Waals surface area contributed by atoms with Gasteiger partial charge in [-0.05, 0) is 149 Å². The van der Waals surface area contributed by atoms with Crippen LogP contribution in [0.15, 0.2) is 39.7 Å². The van der Waals surface area contributed by atoms with Crippen molar-refractivity contribution in [3.05, 3.63) is 63.1 Å². The number of anilines is 2. The van der Waals surface area contributed by atoms with Crippen LogP contribution in [-0.4, -0.2) is 142 Å². The highest BCUT2D eigenvalue weighted by molar-refractivity contribution is 7.92. The molecule has 6 rings (SSSR count). The summed E-state index contributed by atoms with van der Waals surface area (Å²) >= 11 is 0. The number of amidine groups is 2. The minimum atomic E-state index is -3.69. The van der Waals surface area contributed by atoms with Crippen molar-refractivity contribution in [1.82, 2.24) is 19.2 Å². The summed E-state index contributed by atoms with van der Waals surface area (Å²) in [5.41, 5.74) is 15.5. The maximum Gasteiger partial charge on any atom is 0.318 e. The molecule has 0 radical (unpaired) electrons. The first kappa shape index (κ1) is 67.7. The summed E-state index contributed by atoms with van der Waals surface area (Å²) in [4.78, 5) is 60.8. The summed E-state index contributed by atoms with van der Waals surface area (Å²) in [6.45, 7) is 10.5. The molecule has 2 spiro atoms. The molecule has 21 nitrogen and oxygen atoms in total. The summed E-state index contributed by atoms with van der Waals surface area (Å²) in [5, 5.41) is 32.1. The van der Waals surface area contributed by atoms with Crippen molar-refractivity contribution in [2.75, 3.05) is 69.0 Å². The van der Waals surface area contributed by atoms with E-state index in [1.807, 2.05) is 39.8 Å². The number of urea groups is 2. The van der Waals surface area contributed by atoms with Crippen LogP contribution in [0.25, 0.3) is 6.08 Å². The number of benzene rings is 2. The van der Waals surface area contributed by atoms with Gasteiger partial charge in [0.25, 0.3) is 11.8 Å². The number of primary amides is 2. The molecule has 2 fully saturated rings. The standard InChI is InChI=1S/C28H45N5O5S.C28H43N5O5S.C2H3N/c2*1-21-19-23(32(3)27(29)36)20-22(2)24(21)12-18-39(37,38)33-15-13-28(14-16-33)26(35)30-25(31-28)11-9-7-5-4-6-8-10-17-34;1-2-3/h19-20,34H,4-18H2,1-3H3,(H2,29,36)(H,30,31,35);12,18-20,34H,4-11,13-17H2,1-3H3,(H2,29,36)(H,30,31,35);1H3/b;18-12+;. The molecule has 23 heteroatoms. The van der Waals surface area contributed by atoms with Gasteiger partial charge in [0.1, 0.15) is 22.7 Å².